The van der Waals surface area contributed by atoms with E-state index in [1.807, 2.05) is 32.0 Å². The summed E-state index contributed by atoms with van der Waals surface area (Å²) in [7, 11) is 0. The SMILES string of the molecule is CCc1cccc(O)c1C(C(N)=O)c1cc(CCCN)cc(-c2ccc(F)cc2C)n1. The number of halogens is 1. The van der Waals surface area contributed by atoms with Crippen molar-refractivity contribution in [1.82, 2.24) is 4.98 Å². The summed E-state index contributed by atoms with van der Waals surface area (Å²) in [6, 6.07) is 13.5. The van der Waals surface area contributed by atoms with Crippen LogP contribution in [0.3, 0.4) is 0 Å². The molecular formula is C25H28FN3O2. The van der Waals surface area contributed by atoms with Crippen LogP contribution in [0.2, 0.25) is 0 Å². The summed E-state index contributed by atoms with van der Waals surface area (Å²) < 4.78 is 13.6. The third-order valence-corrected chi connectivity index (χ3v) is 5.46. The van der Waals surface area contributed by atoms with Crippen molar-refractivity contribution in [2.45, 2.75) is 39.0 Å². The molecule has 1 amide bonds. The van der Waals surface area contributed by atoms with E-state index in [0.29, 0.717) is 36.3 Å². The van der Waals surface area contributed by atoms with Crippen molar-refractivity contribution in [1.29, 1.82) is 0 Å². The van der Waals surface area contributed by atoms with E-state index in [1.165, 1.54) is 12.1 Å². The van der Waals surface area contributed by atoms with Gasteiger partial charge in [-0.25, -0.2) is 4.39 Å². The van der Waals surface area contributed by atoms with Crippen LogP contribution in [0, 0.1) is 12.7 Å². The van der Waals surface area contributed by atoms with Gasteiger partial charge in [0.1, 0.15) is 17.5 Å². The highest BCUT2D eigenvalue weighted by Crippen LogP contribution is 2.35. The maximum absolute atomic E-state index is 13.6. The van der Waals surface area contributed by atoms with Crippen molar-refractivity contribution in [3.05, 3.63) is 82.3 Å². The van der Waals surface area contributed by atoms with E-state index < -0.39 is 11.8 Å². The number of phenols is 1. The molecule has 0 saturated heterocycles. The molecule has 6 heteroatoms. The van der Waals surface area contributed by atoms with Gasteiger partial charge in [-0.15, -0.1) is 0 Å². The zero-order valence-electron chi connectivity index (χ0n) is 17.9. The summed E-state index contributed by atoms with van der Waals surface area (Å²) >= 11 is 0. The fraction of sp³-hybridized carbons (Fsp3) is 0.280. The molecule has 3 aromatic rings. The Morgan fingerprint density at radius 1 is 1.19 bits per heavy atom. The molecule has 1 atom stereocenters. The number of hydrogen-bond donors (Lipinski definition) is 3. The Kier molecular flexibility index (Phi) is 7.02. The van der Waals surface area contributed by atoms with Crippen LogP contribution in [0.25, 0.3) is 11.3 Å². The number of pyridine rings is 1. The van der Waals surface area contributed by atoms with Crippen LogP contribution in [-0.4, -0.2) is 22.5 Å². The molecule has 1 aromatic heterocycles. The average molecular weight is 422 g/mol. The van der Waals surface area contributed by atoms with Gasteiger partial charge >= 0.3 is 0 Å². The van der Waals surface area contributed by atoms with Gasteiger partial charge in [-0.1, -0.05) is 19.1 Å². The number of aromatic nitrogens is 1. The van der Waals surface area contributed by atoms with Crippen LogP contribution < -0.4 is 11.5 Å². The lowest BCUT2D eigenvalue weighted by atomic mass is 9.87. The first kappa shape index (κ1) is 22.4. The molecule has 0 bridgehead atoms. The topological polar surface area (TPSA) is 102 Å². The number of phenolic OH excluding ortho intramolecular Hbond substituents is 1. The highest BCUT2D eigenvalue weighted by Gasteiger charge is 2.28. The van der Waals surface area contributed by atoms with Crippen LogP contribution >= 0.6 is 0 Å². The summed E-state index contributed by atoms with van der Waals surface area (Å²) in [5.74, 6) is -1.82. The highest BCUT2D eigenvalue weighted by molar-refractivity contribution is 5.87. The maximum Gasteiger partial charge on any atom is 0.231 e. The maximum atomic E-state index is 13.6. The number of benzene rings is 2. The van der Waals surface area contributed by atoms with Crippen LogP contribution in [0.5, 0.6) is 5.75 Å². The first-order valence-corrected chi connectivity index (χ1v) is 10.4. The molecule has 0 fully saturated rings. The van der Waals surface area contributed by atoms with Crippen molar-refractivity contribution in [2.75, 3.05) is 6.54 Å². The highest BCUT2D eigenvalue weighted by atomic mass is 19.1. The standard InChI is InChI=1S/C25H28FN3O2/c1-3-17-7-4-8-22(30)23(17)24(25(28)31)21-14-16(6-5-11-27)13-20(29-21)19-10-9-18(26)12-15(19)2/h4,7-10,12-14,24,30H,3,5-6,11,27H2,1-2H3,(H2,28,31). The van der Waals surface area contributed by atoms with Gasteiger partial charge in [-0.2, -0.15) is 0 Å². The minimum Gasteiger partial charge on any atom is -0.508 e. The van der Waals surface area contributed by atoms with Crippen molar-refractivity contribution >= 4 is 5.91 Å². The third-order valence-electron chi connectivity index (χ3n) is 5.46. The Balaban J connectivity index is 2.23. The molecular weight excluding hydrogens is 393 g/mol. The van der Waals surface area contributed by atoms with E-state index in [2.05, 4.69) is 0 Å². The number of carbonyl (C=O) groups is 1. The van der Waals surface area contributed by atoms with Gasteiger partial charge in [0, 0.05) is 11.1 Å². The smallest absolute Gasteiger partial charge is 0.231 e. The fourth-order valence-corrected chi connectivity index (χ4v) is 3.94. The van der Waals surface area contributed by atoms with Crippen molar-refractivity contribution in [2.24, 2.45) is 11.5 Å². The molecule has 1 unspecified atom stereocenters. The normalized spacial score (nSPS) is 12.0. The molecule has 5 nitrogen and oxygen atoms in total. The van der Waals surface area contributed by atoms with Crippen molar-refractivity contribution < 1.29 is 14.3 Å². The van der Waals surface area contributed by atoms with Gasteiger partial charge < -0.3 is 16.6 Å². The molecule has 5 N–H and O–H groups in total. The van der Waals surface area contributed by atoms with E-state index >= 15 is 0 Å². The first-order chi connectivity index (χ1) is 14.8. The van der Waals surface area contributed by atoms with Crippen LogP contribution in [0.15, 0.2) is 48.5 Å². The van der Waals surface area contributed by atoms with Gasteiger partial charge in [0.2, 0.25) is 5.91 Å². The molecule has 0 spiro atoms. The second-order valence-electron chi connectivity index (χ2n) is 7.68. The second kappa shape index (κ2) is 9.71. The summed E-state index contributed by atoms with van der Waals surface area (Å²) in [5.41, 5.74) is 16.4. The molecule has 0 aliphatic carbocycles. The molecule has 0 saturated carbocycles. The Morgan fingerprint density at radius 3 is 2.61 bits per heavy atom. The lowest BCUT2D eigenvalue weighted by molar-refractivity contribution is -0.118. The number of amides is 1. The number of carbonyl (C=O) groups excluding carboxylic acids is 1. The summed E-state index contributed by atoms with van der Waals surface area (Å²) in [5, 5.41) is 10.6. The van der Waals surface area contributed by atoms with Gasteiger partial charge in [-0.05, 0) is 85.8 Å². The average Bonchev–Trinajstić information content (AvgIpc) is 2.73. The molecule has 1 heterocycles. The monoisotopic (exact) mass is 421 g/mol. The minimum atomic E-state index is -0.909. The van der Waals surface area contributed by atoms with Gasteiger partial charge in [0.25, 0.3) is 0 Å². The van der Waals surface area contributed by atoms with E-state index in [4.69, 9.17) is 16.5 Å². The predicted molar refractivity (Wildman–Crippen MR) is 120 cm³/mol. The number of nitrogens with zero attached hydrogens (tertiary/aromatic N) is 1. The quantitative estimate of drug-likeness (QED) is 0.512. The second-order valence-corrected chi connectivity index (χ2v) is 7.68. The van der Waals surface area contributed by atoms with Crippen LogP contribution in [-0.2, 0) is 17.6 Å². The van der Waals surface area contributed by atoms with E-state index in [0.717, 1.165) is 28.7 Å². The largest absolute Gasteiger partial charge is 0.508 e. The lowest BCUT2D eigenvalue weighted by Gasteiger charge is -2.20. The molecule has 0 radical (unpaired) electrons. The predicted octanol–water partition coefficient (Wildman–Crippen LogP) is 3.97. The Morgan fingerprint density at radius 2 is 1.97 bits per heavy atom. The fourth-order valence-electron chi connectivity index (χ4n) is 3.94. The Bertz CT molecular complexity index is 1100. The van der Waals surface area contributed by atoms with Gasteiger partial charge in [-0.3, -0.25) is 9.78 Å². The number of nitrogens with two attached hydrogens (primary N) is 2. The molecule has 0 aliphatic rings. The number of hydrogen-bond acceptors (Lipinski definition) is 4. The molecule has 31 heavy (non-hydrogen) atoms. The summed E-state index contributed by atoms with van der Waals surface area (Å²) in [6.07, 6.45) is 2.10. The molecule has 0 aliphatic heterocycles. The van der Waals surface area contributed by atoms with Crippen LogP contribution in [0.4, 0.5) is 4.39 Å². The number of aromatic hydroxyl groups is 1. The van der Waals surface area contributed by atoms with E-state index in [-0.39, 0.29) is 11.6 Å². The van der Waals surface area contributed by atoms with E-state index in [1.54, 1.807) is 18.2 Å². The Labute approximate surface area is 181 Å². The number of primary amides is 1. The van der Waals surface area contributed by atoms with E-state index in [9.17, 15) is 14.3 Å². The number of aryl methyl sites for hydroxylation is 3. The molecule has 2 aromatic carbocycles. The lowest BCUT2D eigenvalue weighted by Crippen LogP contribution is -2.25. The zero-order chi connectivity index (χ0) is 22.5. The van der Waals surface area contributed by atoms with Crippen molar-refractivity contribution in [3.8, 4) is 17.0 Å². The Hall–Kier alpha value is -3.25. The third kappa shape index (κ3) is 4.91. The number of rotatable bonds is 8. The van der Waals surface area contributed by atoms with Crippen LogP contribution in [0.1, 0.15) is 47.2 Å². The summed E-state index contributed by atoms with van der Waals surface area (Å²) in [4.78, 5) is 17.4. The van der Waals surface area contributed by atoms with Gasteiger partial charge in [0.15, 0.2) is 0 Å². The van der Waals surface area contributed by atoms with Gasteiger partial charge in [0.05, 0.1) is 11.4 Å². The summed E-state index contributed by atoms with van der Waals surface area (Å²) in [6.45, 7) is 4.30. The zero-order valence-corrected chi connectivity index (χ0v) is 17.9. The minimum absolute atomic E-state index is 0.0109. The molecule has 3 rings (SSSR count). The van der Waals surface area contributed by atoms with Crippen molar-refractivity contribution in [3.63, 3.8) is 0 Å². The molecule has 162 valence electrons. The first-order valence-electron chi connectivity index (χ1n) is 10.4.